The lowest BCUT2D eigenvalue weighted by Crippen LogP contribution is -2.42. The second kappa shape index (κ2) is 7.17. The second-order valence-corrected chi connectivity index (χ2v) is 5.65. The maximum atomic E-state index is 11.9. The van der Waals surface area contributed by atoms with Gasteiger partial charge in [0.05, 0.1) is 18.0 Å². The molecule has 0 atom stereocenters. The minimum Gasteiger partial charge on any atom is -0.333 e. The van der Waals surface area contributed by atoms with Crippen molar-refractivity contribution in [3.63, 3.8) is 0 Å². The van der Waals surface area contributed by atoms with Crippen LogP contribution in [0.5, 0.6) is 0 Å². The number of nitrogens with two attached hydrogens (primary N) is 1. The number of urea groups is 1. The van der Waals surface area contributed by atoms with Crippen molar-refractivity contribution in [3.8, 4) is 11.8 Å². The van der Waals surface area contributed by atoms with Crippen LogP contribution in [0.2, 0.25) is 0 Å². The minimum atomic E-state index is 0.0442. The summed E-state index contributed by atoms with van der Waals surface area (Å²) >= 11 is 1.60. The van der Waals surface area contributed by atoms with Crippen LogP contribution in [0.15, 0.2) is 12.1 Å². The van der Waals surface area contributed by atoms with Crippen molar-refractivity contribution in [1.29, 1.82) is 0 Å². The Morgan fingerprint density at radius 1 is 1.37 bits per heavy atom. The third-order valence-corrected chi connectivity index (χ3v) is 4.03. The van der Waals surface area contributed by atoms with Crippen LogP contribution < -0.4 is 11.1 Å². The van der Waals surface area contributed by atoms with Gasteiger partial charge in [-0.3, -0.25) is 0 Å². The lowest BCUT2D eigenvalue weighted by Gasteiger charge is -2.26. The first-order valence-corrected chi connectivity index (χ1v) is 7.41. The molecule has 5 heteroatoms. The summed E-state index contributed by atoms with van der Waals surface area (Å²) in [5.74, 6) is 5.82. The standard InChI is InChI=1S/C14H19N3OS/c15-8-4-5-12-6-7-13(19-12)11-16-14(18)17-9-2-1-3-10-17/h6-7H,1-3,8-11,15H2,(H,16,18). The number of carbonyl (C=O) groups is 1. The van der Waals surface area contributed by atoms with E-state index in [1.54, 1.807) is 11.3 Å². The van der Waals surface area contributed by atoms with E-state index in [1.165, 1.54) is 6.42 Å². The van der Waals surface area contributed by atoms with Gasteiger partial charge in [0.25, 0.3) is 0 Å². The van der Waals surface area contributed by atoms with Crippen LogP contribution in [0, 0.1) is 11.8 Å². The third kappa shape index (κ3) is 4.27. The van der Waals surface area contributed by atoms with Gasteiger partial charge in [-0.1, -0.05) is 11.8 Å². The Bertz CT molecular complexity index is 480. The molecule has 0 aromatic carbocycles. The van der Waals surface area contributed by atoms with Crippen molar-refractivity contribution in [2.45, 2.75) is 25.8 Å². The molecule has 102 valence electrons. The van der Waals surface area contributed by atoms with Crippen LogP contribution in [-0.4, -0.2) is 30.6 Å². The monoisotopic (exact) mass is 277 g/mol. The average Bonchev–Trinajstić information content (AvgIpc) is 2.91. The number of piperidine rings is 1. The fourth-order valence-corrected chi connectivity index (χ4v) is 2.87. The van der Waals surface area contributed by atoms with E-state index >= 15 is 0 Å². The third-order valence-electron chi connectivity index (χ3n) is 3.03. The molecule has 0 aliphatic carbocycles. The number of nitrogens with one attached hydrogen (secondary N) is 1. The van der Waals surface area contributed by atoms with Crippen molar-refractivity contribution in [2.24, 2.45) is 5.73 Å². The highest BCUT2D eigenvalue weighted by atomic mass is 32.1. The van der Waals surface area contributed by atoms with E-state index in [9.17, 15) is 4.79 Å². The van der Waals surface area contributed by atoms with Crippen LogP contribution in [0.25, 0.3) is 0 Å². The van der Waals surface area contributed by atoms with Crippen molar-refractivity contribution in [3.05, 3.63) is 21.9 Å². The van der Waals surface area contributed by atoms with Gasteiger partial charge in [-0.05, 0) is 31.4 Å². The van der Waals surface area contributed by atoms with Gasteiger partial charge >= 0.3 is 6.03 Å². The summed E-state index contributed by atoms with van der Waals surface area (Å²) in [5.41, 5.74) is 5.33. The van der Waals surface area contributed by atoms with Crippen LogP contribution in [0.3, 0.4) is 0 Å². The summed E-state index contributed by atoms with van der Waals surface area (Å²) in [7, 11) is 0. The van der Waals surface area contributed by atoms with Crippen LogP contribution >= 0.6 is 11.3 Å². The molecular weight excluding hydrogens is 258 g/mol. The SMILES string of the molecule is NCC#Cc1ccc(CNC(=O)N2CCCCC2)s1. The summed E-state index contributed by atoms with van der Waals surface area (Å²) in [5, 5.41) is 2.96. The Morgan fingerprint density at radius 2 is 2.16 bits per heavy atom. The maximum Gasteiger partial charge on any atom is 0.317 e. The molecule has 0 radical (unpaired) electrons. The number of thiophene rings is 1. The maximum absolute atomic E-state index is 11.9. The molecule has 1 aliphatic heterocycles. The first-order chi connectivity index (χ1) is 9.29. The van der Waals surface area contributed by atoms with E-state index < -0.39 is 0 Å². The number of amides is 2. The summed E-state index contributed by atoms with van der Waals surface area (Å²) < 4.78 is 0. The largest absolute Gasteiger partial charge is 0.333 e. The van der Waals surface area contributed by atoms with Crippen LogP contribution in [0.1, 0.15) is 29.0 Å². The summed E-state index contributed by atoms with van der Waals surface area (Å²) in [6.45, 7) is 2.70. The van der Waals surface area contributed by atoms with E-state index in [-0.39, 0.29) is 6.03 Å². The summed E-state index contributed by atoms with van der Waals surface area (Å²) in [4.78, 5) is 15.9. The number of rotatable bonds is 2. The number of hydrogen-bond donors (Lipinski definition) is 2. The summed E-state index contributed by atoms with van der Waals surface area (Å²) in [6, 6.07) is 4.01. The van der Waals surface area contributed by atoms with Crippen molar-refractivity contribution < 1.29 is 4.79 Å². The second-order valence-electron chi connectivity index (χ2n) is 4.48. The van der Waals surface area contributed by atoms with Gasteiger partial charge in [-0.25, -0.2) is 4.79 Å². The van der Waals surface area contributed by atoms with Gasteiger partial charge in [-0.15, -0.1) is 11.3 Å². The summed E-state index contributed by atoms with van der Waals surface area (Å²) in [6.07, 6.45) is 3.47. The average molecular weight is 277 g/mol. The van der Waals surface area contributed by atoms with Crippen molar-refractivity contribution in [1.82, 2.24) is 10.2 Å². The molecule has 1 fully saturated rings. The number of carbonyl (C=O) groups excluding carboxylic acids is 1. The van der Waals surface area contributed by atoms with Crippen LogP contribution in [-0.2, 0) is 6.54 Å². The zero-order chi connectivity index (χ0) is 13.5. The van der Waals surface area contributed by atoms with Crippen molar-refractivity contribution in [2.75, 3.05) is 19.6 Å². The fraction of sp³-hybridized carbons (Fsp3) is 0.500. The predicted octanol–water partition coefficient (Wildman–Crippen LogP) is 1.75. The van der Waals surface area contributed by atoms with Gasteiger partial charge in [0.2, 0.25) is 0 Å². The highest BCUT2D eigenvalue weighted by Crippen LogP contribution is 2.15. The molecule has 3 N–H and O–H groups in total. The van der Waals surface area contributed by atoms with Gasteiger partial charge in [0, 0.05) is 18.0 Å². The Labute approximate surface area is 118 Å². The molecule has 0 spiro atoms. The topological polar surface area (TPSA) is 58.4 Å². The van der Waals surface area contributed by atoms with Gasteiger partial charge < -0.3 is 16.0 Å². The van der Waals surface area contributed by atoms with E-state index in [1.807, 2.05) is 17.0 Å². The zero-order valence-electron chi connectivity index (χ0n) is 10.9. The number of likely N-dealkylation sites (tertiary alicyclic amines) is 1. The van der Waals surface area contributed by atoms with Gasteiger partial charge in [0.15, 0.2) is 0 Å². The fourth-order valence-electron chi connectivity index (χ4n) is 2.05. The molecule has 1 saturated heterocycles. The predicted molar refractivity (Wildman–Crippen MR) is 77.9 cm³/mol. The van der Waals surface area contributed by atoms with Crippen LogP contribution in [0.4, 0.5) is 4.79 Å². The molecule has 1 aromatic heterocycles. The van der Waals surface area contributed by atoms with Crippen molar-refractivity contribution >= 4 is 17.4 Å². The van der Waals surface area contributed by atoms with Gasteiger partial charge in [0.1, 0.15) is 0 Å². The molecular formula is C14H19N3OS. The first-order valence-electron chi connectivity index (χ1n) is 6.60. The number of nitrogens with zero attached hydrogens (tertiary/aromatic N) is 1. The highest BCUT2D eigenvalue weighted by Gasteiger charge is 2.15. The quantitative estimate of drug-likeness (QED) is 0.809. The lowest BCUT2D eigenvalue weighted by molar-refractivity contribution is 0.186. The Kier molecular flexibility index (Phi) is 5.25. The van der Waals surface area contributed by atoms with Gasteiger partial charge in [-0.2, -0.15) is 0 Å². The molecule has 4 nitrogen and oxygen atoms in total. The molecule has 2 amide bonds. The smallest absolute Gasteiger partial charge is 0.317 e. The molecule has 1 aliphatic rings. The number of hydrogen-bond acceptors (Lipinski definition) is 3. The van der Waals surface area contributed by atoms with E-state index in [0.29, 0.717) is 13.1 Å². The first kappa shape index (κ1) is 13.9. The van der Waals surface area contributed by atoms with E-state index in [2.05, 4.69) is 17.2 Å². The Morgan fingerprint density at radius 3 is 2.89 bits per heavy atom. The van der Waals surface area contributed by atoms with E-state index in [0.717, 1.165) is 35.7 Å². The molecule has 1 aromatic rings. The Balaban J connectivity index is 1.81. The lowest BCUT2D eigenvalue weighted by atomic mass is 10.1. The zero-order valence-corrected chi connectivity index (χ0v) is 11.8. The molecule has 0 bridgehead atoms. The molecule has 0 saturated carbocycles. The minimum absolute atomic E-state index is 0.0442. The molecule has 2 rings (SSSR count). The van der Waals surface area contributed by atoms with E-state index in [4.69, 9.17) is 5.73 Å². The molecule has 0 unspecified atom stereocenters. The normalized spacial score (nSPS) is 14.7. The Hall–Kier alpha value is -1.51. The molecule has 2 heterocycles. The highest BCUT2D eigenvalue weighted by molar-refractivity contribution is 7.12. The molecule has 19 heavy (non-hydrogen) atoms.